The molecule has 1 fully saturated rings. The van der Waals surface area contributed by atoms with Crippen molar-refractivity contribution >= 4 is 21.9 Å². The predicted molar refractivity (Wildman–Crippen MR) is 97.2 cm³/mol. The monoisotopic (exact) mass is 369 g/mol. The van der Waals surface area contributed by atoms with Crippen LogP contribution in [0.3, 0.4) is 0 Å². The fraction of sp³-hybridized carbons (Fsp3) is 0.688. The maximum absolute atomic E-state index is 12.3. The molecule has 1 aromatic heterocycles. The second-order valence-electron chi connectivity index (χ2n) is 6.63. The van der Waals surface area contributed by atoms with Crippen molar-refractivity contribution in [1.82, 2.24) is 19.6 Å². The molecule has 1 unspecified atom stereocenters. The molecule has 1 aliphatic rings. The Bertz CT molecular complexity index is 720. The molecule has 25 heavy (non-hydrogen) atoms. The van der Waals surface area contributed by atoms with E-state index >= 15 is 0 Å². The van der Waals surface area contributed by atoms with Gasteiger partial charge >= 0.3 is 0 Å². The number of anilines is 1. The fourth-order valence-electron chi connectivity index (χ4n) is 3.04. The van der Waals surface area contributed by atoms with Gasteiger partial charge in [-0.05, 0) is 26.2 Å². The molecule has 2 heterocycles. The third-order valence-corrected chi connectivity index (χ3v) is 5.71. The molecule has 0 spiro atoms. The molecule has 0 bridgehead atoms. The van der Waals surface area contributed by atoms with Gasteiger partial charge in [0.15, 0.2) is 0 Å². The van der Waals surface area contributed by atoms with E-state index < -0.39 is 10.0 Å². The van der Waals surface area contributed by atoms with Crippen molar-refractivity contribution in [2.45, 2.75) is 38.6 Å². The van der Waals surface area contributed by atoms with Gasteiger partial charge in [-0.2, -0.15) is 4.31 Å². The van der Waals surface area contributed by atoms with Crippen LogP contribution in [0.5, 0.6) is 0 Å². The van der Waals surface area contributed by atoms with E-state index in [9.17, 15) is 13.2 Å². The van der Waals surface area contributed by atoms with Gasteiger partial charge in [0.1, 0.15) is 0 Å². The Hall–Kier alpha value is -1.74. The number of aromatic nitrogens is 2. The summed E-state index contributed by atoms with van der Waals surface area (Å²) in [6, 6.07) is -0.0440. The van der Waals surface area contributed by atoms with Crippen molar-refractivity contribution in [2.75, 3.05) is 38.3 Å². The number of aryl methyl sites for hydroxylation is 1. The molecule has 140 valence electrons. The number of nitrogens with one attached hydrogen (secondary N) is 1. The highest BCUT2D eigenvalue weighted by Crippen LogP contribution is 2.22. The van der Waals surface area contributed by atoms with E-state index in [-0.39, 0.29) is 11.9 Å². The Balaban J connectivity index is 1.94. The SMILES string of the molecule is Cc1nc(N(C)C)ncc1C(=O)NCCC1CCCCN1S(C)(=O)=O. The second kappa shape index (κ2) is 8.09. The summed E-state index contributed by atoms with van der Waals surface area (Å²) < 4.78 is 25.3. The molecule has 1 aromatic rings. The largest absolute Gasteiger partial charge is 0.352 e. The lowest BCUT2D eigenvalue weighted by Gasteiger charge is -2.33. The van der Waals surface area contributed by atoms with Crippen LogP contribution in [0.1, 0.15) is 41.7 Å². The van der Waals surface area contributed by atoms with E-state index in [1.54, 1.807) is 16.1 Å². The standard InChI is InChI=1S/C16H27N5O3S/c1-12-14(11-18-16(19-12)20(2)3)15(22)17-9-8-13-7-5-6-10-21(13)25(4,23)24/h11,13H,5-10H2,1-4H3,(H,17,22). The van der Waals surface area contributed by atoms with Gasteiger partial charge in [-0.15, -0.1) is 0 Å². The quantitative estimate of drug-likeness (QED) is 0.796. The van der Waals surface area contributed by atoms with Crippen LogP contribution >= 0.6 is 0 Å². The summed E-state index contributed by atoms with van der Waals surface area (Å²) in [5.41, 5.74) is 1.06. The Kier molecular flexibility index (Phi) is 6.34. The normalized spacial score (nSPS) is 18.8. The van der Waals surface area contributed by atoms with Crippen LogP contribution in [0, 0.1) is 6.92 Å². The zero-order chi connectivity index (χ0) is 18.6. The molecule has 0 aliphatic carbocycles. The number of nitrogens with zero attached hydrogens (tertiary/aromatic N) is 4. The third kappa shape index (κ3) is 5.12. The lowest BCUT2D eigenvalue weighted by atomic mass is 10.0. The molecule has 2 rings (SSSR count). The van der Waals surface area contributed by atoms with Crippen LogP contribution in [0.15, 0.2) is 6.20 Å². The first-order chi connectivity index (χ1) is 11.7. The molecule has 1 aliphatic heterocycles. The molecule has 0 saturated carbocycles. The number of hydrogen-bond donors (Lipinski definition) is 1. The minimum absolute atomic E-state index is 0.0440. The third-order valence-electron chi connectivity index (χ3n) is 4.37. The average molecular weight is 369 g/mol. The van der Waals surface area contributed by atoms with Gasteiger partial charge in [0, 0.05) is 39.4 Å². The smallest absolute Gasteiger partial charge is 0.254 e. The summed E-state index contributed by atoms with van der Waals surface area (Å²) in [5, 5.41) is 2.85. The van der Waals surface area contributed by atoms with Crippen LogP contribution in [-0.4, -0.2) is 68.1 Å². The van der Waals surface area contributed by atoms with Gasteiger partial charge in [-0.1, -0.05) is 6.42 Å². The number of amides is 1. The highest BCUT2D eigenvalue weighted by molar-refractivity contribution is 7.88. The van der Waals surface area contributed by atoms with Crippen LogP contribution in [0.4, 0.5) is 5.95 Å². The molecule has 0 aromatic carbocycles. The minimum Gasteiger partial charge on any atom is -0.352 e. The van der Waals surface area contributed by atoms with Crippen molar-refractivity contribution in [1.29, 1.82) is 0 Å². The molecular formula is C16H27N5O3S. The second-order valence-corrected chi connectivity index (χ2v) is 8.57. The van der Waals surface area contributed by atoms with E-state index in [2.05, 4.69) is 15.3 Å². The van der Waals surface area contributed by atoms with Crippen LogP contribution in [0.2, 0.25) is 0 Å². The van der Waals surface area contributed by atoms with Crippen molar-refractivity contribution in [3.63, 3.8) is 0 Å². The summed E-state index contributed by atoms with van der Waals surface area (Å²) in [7, 11) is 0.477. The first-order valence-electron chi connectivity index (χ1n) is 8.46. The summed E-state index contributed by atoms with van der Waals surface area (Å²) in [6.45, 7) is 2.76. The molecule has 8 nitrogen and oxygen atoms in total. The zero-order valence-corrected chi connectivity index (χ0v) is 16.1. The van der Waals surface area contributed by atoms with E-state index in [4.69, 9.17) is 0 Å². The van der Waals surface area contributed by atoms with Gasteiger partial charge in [-0.3, -0.25) is 4.79 Å². The topological polar surface area (TPSA) is 95.5 Å². The molecule has 1 saturated heterocycles. The molecule has 1 amide bonds. The Morgan fingerprint density at radius 1 is 1.40 bits per heavy atom. The maximum Gasteiger partial charge on any atom is 0.254 e. The lowest BCUT2D eigenvalue weighted by molar-refractivity contribution is 0.0948. The van der Waals surface area contributed by atoms with E-state index in [0.29, 0.717) is 36.7 Å². The molecule has 0 radical (unpaired) electrons. The van der Waals surface area contributed by atoms with Crippen molar-refractivity contribution < 1.29 is 13.2 Å². The minimum atomic E-state index is -3.20. The average Bonchev–Trinajstić information content (AvgIpc) is 2.54. The molecule has 1 atom stereocenters. The number of hydrogen-bond acceptors (Lipinski definition) is 6. The summed E-state index contributed by atoms with van der Waals surface area (Å²) in [5.74, 6) is 0.324. The maximum atomic E-state index is 12.3. The van der Waals surface area contributed by atoms with Crippen molar-refractivity contribution in [2.24, 2.45) is 0 Å². The summed E-state index contributed by atoms with van der Waals surface area (Å²) in [6.07, 6.45) is 6.12. The highest BCUT2D eigenvalue weighted by Gasteiger charge is 2.29. The predicted octanol–water partition coefficient (Wildman–Crippen LogP) is 0.785. The number of sulfonamides is 1. The summed E-state index contributed by atoms with van der Waals surface area (Å²) in [4.78, 5) is 22.6. The van der Waals surface area contributed by atoms with E-state index in [0.717, 1.165) is 19.3 Å². The number of piperidine rings is 1. The van der Waals surface area contributed by atoms with Gasteiger partial charge in [0.05, 0.1) is 17.5 Å². The van der Waals surface area contributed by atoms with Gasteiger partial charge in [-0.25, -0.2) is 18.4 Å². The van der Waals surface area contributed by atoms with Crippen LogP contribution in [0.25, 0.3) is 0 Å². The first kappa shape index (κ1) is 19.6. The lowest BCUT2D eigenvalue weighted by Crippen LogP contribution is -2.44. The fourth-order valence-corrected chi connectivity index (χ4v) is 4.25. The Morgan fingerprint density at radius 3 is 2.72 bits per heavy atom. The van der Waals surface area contributed by atoms with Gasteiger partial charge < -0.3 is 10.2 Å². The zero-order valence-electron chi connectivity index (χ0n) is 15.3. The Morgan fingerprint density at radius 2 is 2.12 bits per heavy atom. The van der Waals surface area contributed by atoms with Crippen molar-refractivity contribution in [3.05, 3.63) is 17.5 Å². The number of rotatable bonds is 6. The molecule has 9 heteroatoms. The molecular weight excluding hydrogens is 342 g/mol. The van der Waals surface area contributed by atoms with Gasteiger partial charge in [0.2, 0.25) is 16.0 Å². The van der Waals surface area contributed by atoms with Crippen LogP contribution in [-0.2, 0) is 10.0 Å². The van der Waals surface area contributed by atoms with Crippen molar-refractivity contribution in [3.8, 4) is 0 Å². The van der Waals surface area contributed by atoms with Crippen LogP contribution < -0.4 is 10.2 Å². The van der Waals surface area contributed by atoms with Gasteiger partial charge in [0.25, 0.3) is 5.91 Å². The number of carbonyl (C=O) groups excluding carboxylic acids is 1. The summed E-state index contributed by atoms with van der Waals surface area (Å²) >= 11 is 0. The van der Waals surface area contributed by atoms with E-state index in [1.807, 2.05) is 14.1 Å². The molecule has 1 N–H and O–H groups in total. The Labute approximate surface area is 149 Å². The first-order valence-corrected chi connectivity index (χ1v) is 10.3. The highest BCUT2D eigenvalue weighted by atomic mass is 32.2. The number of carbonyl (C=O) groups is 1. The van der Waals surface area contributed by atoms with E-state index in [1.165, 1.54) is 12.5 Å².